The molecule has 1 aliphatic heterocycles. The molecule has 0 spiro atoms. The lowest BCUT2D eigenvalue weighted by molar-refractivity contribution is 1.42. The molecule has 1 aliphatic rings. The van der Waals surface area contributed by atoms with Gasteiger partial charge in [-0.05, 0) is 56.3 Å². The molecule has 160 valence electrons. The third kappa shape index (κ3) is 2.46. The van der Waals surface area contributed by atoms with Gasteiger partial charge in [0.1, 0.15) is 0 Å². The molecule has 0 fully saturated rings. The lowest BCUT2D eigenvalue weighted by atomic mass is 9.95. The van der Waals surface area contributed by atoms with Crippen molar-refractivity contribution in [3.8, 4) is 11.1 Å². The van der Waals surface area contributed by atoms with Gasteiger partial charge in [-0.2, -0.15) is 0 Å². The second kappa shape index (κ2) is 7.24. The quantitative estimate of drug-likeness (QED) is 0.266. The molecule has 0 unspecified atom stereocenters. The number of nitrogens with zero attached hydrogens (tertiary/aromatic N) is 1. The van der Waals surface area contributed by atoms with E-state index in [1.54, 1.807) is 0 Å². The Morgan fingerprint density at radius 1 is 0.588 bits per heavy atom. The van der Waals surface area contributed by atoms with E-state index in [-0.39, 0.29) is 0 Å². The van der Waals surface area contributed by atoms with Crippen LogP contribution in [0.15, 0.2) is 121 Å². The summed E-state index contributed by atoms with van der Waals surface area (Å²) < 4.78 is 0. The van der Waals surface area contributed by atoms with Crippen LogP contribution in [-0.4, -0.2) is 13.1 Å². The molecule has 7 rings (SSSR count). The molecule has 6 aromatic rings. The Hall–Kier alpha value is -4.01. The molecule has 0 aliphatic carbocycles. The number of benzene rings is 5. The van der Waals surface area contributed by atoms with E-state index in [4.69, 9.17) is 4.98 Å². The Bertz CT molecular complexity index is 1670. The van der Waals surface area contributed by atoms with Gasteiger partial charge in [0, 0.05) is 17.0 Å². The highest BCUT2D eigenvalue weighted by Crippen LogP contribution is 2.38. The Morgan fingerprint density at radius 3 is 2.00 bits per heavy atom. The third-order valence-corrected chi connectivity index (χ3v) is 12.3. The largest absolute Gasteiger partial charge is 0.256 e. The maximum atomic E-state index is 4.91. The third-order valence-electron chi connectivity index (χ3n) is 7.42. The molecular weight excluding hydrogens is 426 g/mol. The summed E-state index contributed by atoms with van der Waals surface area (Å²) in [6.07, 6.45) is 1.93. The monoisotopic (exact) mass is 449 g/mol. The lowest BCUT2D eigenvalue weighted by Crippen LogP contribution is -2.73. The standard InChI is InChI=1S/C32H23NSi/c1-22-18-19-25-28(21-22)31-27(16-10-20-33-31)30-26-15-8-9-17-29(26)34(32(25)30,23-11-4-2-5-12-23)24-13-6-3-7-14-24/h2-21H,1H3. The van der Waals surface area contributed by atoms with Crippen LogP contribution in [0.1, 0.15) is 5.56 Å². The fraction of sp³-hybridized carbons (Fsp3) is 0.0312. The van der Waals surface area contributed by atoms with Crippen LogP contribution in [0.2, 0.25) is 0 Å². The van der Waals surface area contributed by atoms with E-state index in [1.807, 2.05) is 6.20 Å². The van der Waals surface area contributed by atoms with Gasteiger partial charge in [0.25, 0.3) is 0 Å². The van der Waals surface area contributed by atoms with Crippen molar-refractivity contribution in [3.63, 3.8) is 0 Å². The highest BCUT2D eigenvalue weighted by Gasteiger charge is 2.50. The number of aryl methyl sites for hydroxylation is 1. The first-order valence-electron chi connectivity index (χ1n) is 11.8. The molecule has 0 N–H and O–H groups in total. The molecule has 34 heavy (non-hydrogen) atoms. The molecule has 0 atom stereocenters. The number of pyridine rings is 1. The van der Waals surface area contributed by atoms with Gasteiger partial charge in [0.15, 0.2) is 8.07 Å². The number of rotatable bonds is 2. The highest BCUT2D eigenvalue weighted by molar-refractivity contribution is 7.23. The lowest BCUT2D eigenvalue weighted by Gasteiger charge is -2.32. The van der Waals surface area contributed by atoms with Crippen LogP contribution in [0, 0.1) is 6.92 Å². The number of aromatic nitrogens is 1. The number of hydrogen-bond donors (Lipinski definition) is 0. The van der Waals surface area contributed by atoms with E-state index in [2.05, 4.69) is 122 Å². The molecule has 0 saturated carbocycles. The fourth-order valence-corrected chi connectivity index (χ4v) is 11.5. The molecule has 2 heteroatoms. The van der Waals surface area contributed by atoms with Gasteiger partial charge in [-0.3, -0.25) is 4.98 Å². The van der Waals surface area contributed by atoms with E-state index >= 15 is 0 Å². The zero-order chi connectivity index (χ0) is 22.7. The van der Waals surface area contributed by atoms with Crippen LogP contribution in [0.5, 0.6) is 0 Å². The van der Waals surface area contributed by atoms with Crippen LogP contribution in [-0.2, 0) is 0 Å². The van der Waals surface area contributed by atoms with Crippen LogP contribution in [0.25, 0.3) is 32.8 Å². The second-order valence-corrected chi connectivity index (χ2v) is 12.9. The van der Waals surface area contributed by atoms with Crippen molar-refractivity contribution in [2.24, 2.45) is 0 Å². The highest BCUT2D eigenvalue weighted by atomic mass is 28.3. The smallest absolute Gasteiger partial charge is 0.181 e. The zero-order valence-electron chi connectivity index (χ0n) is 19.0. The molecule has 0 bridgehead atoms. The normalized spacial score (nSPS) is 13.7. The summed E-state index contributed by atoms with van der Waals surface area (Å²) in [4.78, 5) is 4.91. The summed E-state index contributed by atoms with van der Waals surface area (Å²) in [5, 5.41) is 9.68. The predicted octanol–water partition coefficient (Wildman–Crippen LogP) is 5.05. The molecule has 2 heterocycles. The zero-order valence-corrected chi connectivity index (χ0v) is 20.0. The van der Waals surface area contributed by atoms with Crippen molar-refractivity contribution in [2.45, 2.75) is 6.92 Å². The molecular formula is C32H23NSi. The molecule has 0 radical (unpaired) electrons. The Labute approximate surface area is 200 Å². The Kier molecular flexibility index (Phi) is 4.14. The summed E-state index contributed by atoms with van der Waals surface area (Å²) in [5.74, 6) is 0. The minimum absolute atomic E-state index is 1.10. The molecule has 0 amide bonds. The van der Waals surface area contributed by atoms with Gasteiger partial charge < -0.3 is 0 Å². The van der Waals surface area contributed by atoms with E-state index < -0.39 is 8.07 Å². The van der Waals surface area contributed by atoms with Crippen molar-refractivity contribution in [1.29, 1.82) is 0 Å². The predicted molar refractivity (Wildman–Crippen MR) is 147 cm³/mol. The minimum atomic E-state index is -2.55. The summed E-state index contributed by atoms with van der Waals surface area (Å²) in [7, 11) is -2.55. The molecule has 0 saturated heterocycles. The van der Waals surface area contributed by atoms with E-state index in [1.165, 1.54) is 53.6 Å². The van der Waals surface area contributed by atoms with Gasteiger partial charge in [-0.1, -0.05) is 109 Å². The molecule has 5 aromatic carbocycles. The van der Waals surface area contributed by atoms with Crippen LogP contribution >= 0.6 is 0 Å². The average Bonchev–Trinajstić information content (AvgIpc) is 3.22. The first-order valence-corrected chi connectivity index (χ1v) is 13.8. The Morgan fingerprint density at radius 2 is 1.26 bits per heavy atom. The number of hydrogen-bond acceptors (Lipinski definition) is 1. The van der Waals surface area contributed by atoms with E-state index in [0.29, 0.717) is 0 Å². The van der Waals surface area contributed by atoms with Gasteiger partial charge in [0.2, 0.25) is 0 Å². The van der Waals surface area contributed by atoms with Crippen LogP contribution in [0.4, 0.5) is 0 Å². The molecule has 1 nitrogen and oxygen atoms in total. The van der Waals surface area contributed by atoms with Crippen molar-refractivity contribution >= 4 is 50.5 Å². The first-order chi connectivity index (χ1) is 16.8. The van der Waals surface area contributed by atoms with Crippen LogP contribution in [0.3, 0.4) is 0 Å². The summed E-state index contributed by atoms with van der Waals surface area (Å²) in [6.45, 7) is 2.18. The number of fused-ring (bicyclic) bond motifs is 8. The van der Waals surface area contributed by atoms with Gasteiger partial charge >= 0.3 is 0 Å². The maximum Gasteiger partial charge on any atom is 0.181 e. The van der Waals surface area contributed by atoms with Crippen molar-refractivity contribution in [3.05, 3.63) is 127 Å². The Balaban J connectivity index is 1.81. The molecule has 1 aromatic heterocycles. The fourth-order valence-electron chi connectivity index (χ4n) is 6.14. The van der Waals surface area contributed by atoms with Crippen molar-refractivity contribution < 1.29 is 0 Å². The summed E-state index contributed by atoms with van der Waals surface area (Å²) >= 11 is 0. The van der Waals surface area contributed by atoms with E-state index in [0.717, 1.165) is 5.52 Å². The van der Waals surface area contributed by atoms with Crippen molar-refractivity contribution in [2.75, 3.05) is 0 Å². The summed E-state index contributed by atoms with van der Waals surface area (Å²) in [6, 6.07) is 42.8. The van der Waals surface area contributed by atoms with Gasteiger partial charge in [0.05, 0.1) is 5.52 Å². The summed E-state index contributed by atoms with van der Waals surface area (Å²) in [5.41, 5.74) is 5.09. The second-order valence-electron chi connectivity index (χ2n) is 9.23. The van der Waals surface area contributed by atoms with Crippen molar-refractivity contribution in [1.82, 2.24) is 4.98 Å². The maximum absolute atomic E-state index is 4.91. The average molecular weight is 450 g/mol. The first kappa shape index (κ1) is 19.5. The van der Waals surface area contributed by atoms with Gasteiger partial charge in [-0.15, -0.1) is 0 Å². The van der Waals surface area contributed by atoms with E-state index in [9.17, 15) is 0 Å². The van der Waals surface area contributed by atoms with Crippen LogP contribution < -0.4 is 20.7 Å². The van der Waals surface area contributed by atoms with Gasteiger partial charge in [-0.25, -0.2) is 0 Å². The SMILES string of the molecule is Cc1ccc2c3c(c4cccnc4c2c1)-c1ccccc1[Si]3(c1ccccc1)c1ccccc1. The topological polar surface area (TPSA) is 12.9 Å². The minimum Gasteiger partial charge on any atom is -0.256 e.